The maximum absolute atomic E-state index is 14.6. The van der Waals surface area contributed by atoms with Gasteiger partial charge in [0.1, 0.15) is 23.9 Å². The molecule has 1 saturated carbocycles. The van der Waals surface area contributed by atoms with Crippen molar-refractivity contribution < 1.29 is 52.6 Å². The average Bonchev–Trinajstić information content (AvgIpc) is 3.54. The lowest BCUT2D eigenvalue weighted by Crippen LogP contribution is -2.59. The summed E-state index contributed by atoms with van der Waals surface area (Å²) >= 11 is 1.47. The molecule has 352 valence electrons. The van der Waals surface area contributed by atoms with Crippen molar-refractivity contribution in [3.05, 3.63) is 64.3 Å². The van der Waals surface area contributed by atoms with Crippen molar-refractivity contribution in [2.75, 3.05) is 31.6 Å². The second-order valence-electron chi connectivity index (χ2n) is 18.2. The van der Waals surface area contributed by atoms with E-state index in [1.165, 1.54) is 22.3 Å². The minimum absolute atomic E-state index is 0.0150. The first-order valence-corrected chi connectivity index (χ1v) is 23.0. The first-order valence-electron chi connectivity index (χ1n) is 22.1. The number of anilines is 1. The van der Waals surface area contributed by atoms with Gasteiger partial charge in [-0.15, -0.1) is 11.3 Å². The predicted molar refractivity (Wildman–Crippen MR) is 239 cm³/mol. The van der Waals surface area contributed by atoms with Crippen molar-refractivity contribution in [1.29, 1.82) is 0 Å². The minimum atomic E-state index is -2.00. The van der Waals surface area contributed by atoms with E-state index >= 15 is 0 Å². The van der Waals surface area contributed by atoms with E-state index in [4.69, 9.17) is 4.74 Å². The summed E-state index contributed by atoms with van der Waals surface area (Å²) in [6.07, 6.45) is 0.451. The highest BCUT2D eigenvalue weighted by Crippen LogP contribution is 2.41. The molecule has 7 rings (SSSR count). The van der Waals surface area contributed by atoms with Crippen molar-refractivity contribution in [2.24, 2.45) is 5.41 Å². The van der Waals surface area contributed by atoms with E-state index in [2.05, 4.69) is 31.6 Å². The lowest BCUT2D eigenvalue weighted by Gasteiger charge is -2.35. The molecule has 4 atom stereocenters. The minimum Gasteiger partial charge on any atom is -0.493 e. The Bertz CT molecular complexity index is 2430. The number of carbonyl (C=O) groups excluding carboxylic acids is 8. The van der Waals surface area contributed by atoms with Gasteiger partial charge in [-0.05, 0) is 68.2 Å². The van der Waals surface area contributed by atoms with Gasteiger partial charge in [-0.25, -0.2) is 9.37 Å². The standard InChI is InChI=1S/C46H55FN8O10S/c1-25-37(66-24-51-25)26-11-12-27(22-50-39(59)32-21-28(56)23-54(32)43(63)38(45(2,3)4)53-44(64)46(47)15-16-46)33(20-26)65-19-6-5-10-34(57)49-18-17-48-30-9-7-8-29-36(30)42(62)55(41(29)61)31-13-14-35(58)52-40(31)60/h7-9,11-12,20,24,28,31-32,38,48,56H,5-6,10,13-19,21-23H2,1-4H3,(H,49,57)(H,50,59)(H,53,64)(H,52,58,60). The molecule has 0 bridgehead atoms. The Morgan fingerprint density at radius 2 is 1.82 bits per heavy atom. The Balaban J connectivity index is 0.900. The molecule has 4 heterocycles. The maximum atomic E-state index is 14.6. The third kappa shape index (κ3) is 10.5. The number of alkyl halides is 1. The van der Waals surface area contributed by atoms with Gasteiger partial charge in [0, 0.05) is 56.7 Å². The second kappa shape index (κ2) is 19.7. The fourth-order valence-electron chi connectivity index (χ4n) is 8.29. The molecule has 0 spiro atoms. The molecule has 8 amide bonds. The molecule has 0 radical (unpaired) electrons. The zero-order valence-electron chi connectivity index (χ0n) is 37.3. The van der Waals surface area contributed by atoms with Gasteiger partial charge in [-0.3, -0.25) is 48.6 Å². The molecular formula is C46H55FN8O10S. The van der Waals surface area contributed by atoms with Gasteiger partial charge in [0.15, 0.2) is 5.67 Å². The number of aliphatic hydroxyl groups is 1. The molecule has 18 nitrogen and oxygen atoms in total. The first-order chi connectivity index (χ1) is 31.4. The summed E-state index contributed by atoms with van der Waals surface area (Å²) in [7, 11) is 0. The van der Waals surface area contributed by atoms with Crippen LogP contribution in [0.3, 0.4) is 0 Å². The van der Waals surface area contributed by atoms with Crippen LogP contribution in [0.4, 0.5) is 10.1 Å². The Hall–Kier alpha value is -6.28. The number of nitrogens with zero attached hydrogens (tertiary/aromatic N) is 3. The number of piperidine rings is 1. The van der Waals surface area contributed by atoms with Crippen molar-refractivity contribution in [3.8, 4) is 16.2 Å². The van der Waals surface area contributed by atoms with Gasteiger partial charge < -0.3 is 36.0 Å². The molecule has 3 aliphatic heterocycles. The zero-order chi connectivity index (χ0) is 47.5. The summed E-state index contributed by atoms with van der Waals surface area (Å²) < 4.78 is 20.9. The number of nitrogens with one attached hydrogen (secondary N) is 5. The van der Waals surface area contributed by atoms with Crippen LogP contribution in [-0.4, -0.2) is 123 Å². The third-order valence-electron chi connectivity index (χ3n) is 12.2. The maximum Gasteiger partial charge on any atom is 0.264 e. The average molecular weight is 931 g/mol. The molecule has 66 heavy (non-hydrogen) atoms. The number of thiazole rings is 1. The summed E-state index contributed by atoms with van der Waals surface area (Å²) in [5.74, 6) is -4.04. The number of fused-ring (bicyclic) bond motifs is 1. The first kappa shape index (κ1) is 47.7. The molecule has 20 heteroatoms. The summed E-state index contributed by atoms with van der Waals surface area (Å²) in [5, 5.41) is 24.2. The van der Waals surface area contributed by atoms with Gasteiger partial charge in [0.2, 0.25) is 29.5 Å². The molecular weight excluding hydrogens is 876 g/mol. The van der Waals surface area contributed by atoms with Gasteiger partial charge >= 0.3 is 0 Å². The van der Waals surface area contributed by atoms with E-state index in [-0.39, 0.29) is 88.3 Å². The van der Waals surface area contributed by atoms with E-state index in [9.17, 15) is 47.9 Å². The number of aryl methyl sites for hydroxylation is 1. The van der Waals surface area contributed by atoms with Gasteiger partial charge in [-0.1, -0.05) is 39.0 Å². The molecule has 1 aromatic heterocycles. The highest BCUT2D eigenvalue weighted by molar-refractivity contribution is 7.13. The number of aliphatic hydroxyl groups excluding tert-OH is 1. The van der Waals surface area contributed by atoms with Crippen LogP contribution >= 0.6 is 11.3 Å². The number of likely N-dealkylation sites (tertiary alicyclic amines) is 1. The summed E-state index contributed by atoms with van der Waals surface area (Å²) in [4.78, 5) is 111. The molecule has 4 aliphatic rings. The number of rotatable bonds is 18. The number of carbonyl (C=O) groups is 8. The number of benzene rings is 2. The third-order valence-corrected chi connectivity index (χ3v) is 13.1. The quantitative estimate of drug-likeness (QED) is 0.0797. The zero-order valence-corrected chi connectivity index (χ0v) is 38.1. The van der Waals surface area contributed by atoms with Gasteiger partial charge in [0.25, 0.3) is 17.7 Å². The molecule has 4 unspecified atom stereocenters. The Kier molecular flexibility index (Phi) is 14.2. The monoisotopic (exact) mass is 930 g/mol. The van der Waals surface area contributed by atoms with Crippen LogP contribution < -0.4 is 31.3 Å². The van der Waals surface area contributed by atoms with Crippen molar-refractivity contribution in [2.45, 2.75) is 116 Å². The Labute approximate surface area is 384 Å². The van der Waals surface area contributed by atoms with E-state index in [1.54, 1.807) is 38.4 Å². The number of unbranched alkanes of at least 4 members (excludes halogenated alkanes) is 1. The predicted octanol–water partition coefficient (Wildman–Crippen LogP) is 2.91. The van der Waals surface area contributed by atoms with E-state index in [1.807, 2.05) is 25.1 Å². The van der Waals surface area contributed by atoms with Gasteiger partial charge in [0.05, 0.1) is 39.9 Å². The summed E-state index contributed by atoms with van der Waals surface area (Å²) in [6.45, 7) is 7.72. The largest absolute Gasteiger partial charge is 0.493 e. The molecule has 6 N–H and O–H groups in total. The SMILES string of the molecule is Cc1ncsc1-c1ccc(CNC(=O)C2CC(O)CN2C(=O)C(NC(=O)C2(F)CC2)C(C)(C)C)c(OCCCCC(=O)NCCNc2cccc3c2C(=O)N(C2CCC(=O)NC2=O)C3=O)c1. The highest BCUT2D eigenvalue weighted by atomic mass is 32.1. The van der Waals surface area contributed by atoms with Gasteiger partial charge in [-0.2, -0.15) is 0 Å². The fourth-order valence-corrected chi connectivity index (χ4v) is 9.09. The Morgan fingerprint density at radius 1 is 1.05 bits per heavy atom. The number of ether oxygens (including phenoxy) is 1. The number of imide groups is 2. The molecule has 3 fully saturated rings. The number of β-amino-alcohol motifs (C(OH)–C–C–N with tert-alkyl or cyclic N) is 1. The van der Waals surface area contributed by atoms with Crippen LogP contribution in [0.2, 0.25) is 0 Å². The number of hydrogen-bond acceptors (Lipinski definition) is 13. The molecule has 2 aromatic carbocycles. The smallest absolute Gasteiger partial charge is 0.264 e. The molecule has 3 aromatic rings. The molecule has 1 aliphatic carbocycles. The van der Waals surface area contributed by atoms with E-state index in [0.717, 1.165) is 21.0 Å². The van der Waals surface area contributed by atoms with Crippen molar-refractivity contribution >= 4 is 64.3 Å². The van der Waals surface area contributed by atoms with E-state index in [0.29, 0.717) is 29.8 Å². The fraction of sp³-hybridized carbons (Fsp3) is 0.500. The van der Waals surface area contributed by atoms with E-state index < -0.39 is 76.7 Å². The van der Waals surface area contributed by atoms with Crippen LogP contribution in [0.1, 0.15) is 104 Å². The second-order valence-corrected chi connectivity index (χ2v) is 19.1. The lowest BCUT2D eigenvalue weighted by molar-refractivity contribution is -0.145. The summed E-state index contributed by atoms with van der Waals surface area (Å²) in [5.41, 5.74) is 1.94. The van der Waals surface area contributed by atoms with Crippen LogP contribution in [0, 0.1) is 12.3 Å². The summed E-state index contributed by atoms with van der Waals surface area (Å²) in [6, 6.07) is 7.11. The highest BCUT2D eigenvalue weighted by Gasteiger charge is 2.53. The van der Waals surface area contributed by atoms with Crippen LogP contribution in [-0.2, 0) is 35.3 Å². The number of hydrogen-bond donors (Lipinski definition) is 6. The van der Waals surface area contributed by atoms with Crippen LogP contribution in [0.5, 0.6) is 5.75 Å². The van der Waals surface area contributed by atoms with Crippen LogP contribution in [0.15, 0.2) is 41.9 Å². The molecule has 2 saturated heterocycles. The number of halogens is 1. The Morgan fingerprint density at radius 3 is 2.52 bits per heavy atom. The number of amides is 8. The number of aromatic nitrogens is 1. The lowest BCUT2D eigenvalue weighted by atomic mass is 9.85. The normalized spacial score (nSPS) is 20.4. The van der Waals surface area contributed by atoms with Crippen LogP contribution in [0.25, 0.3) is 10.4 Å². The van der Waals surface area contributed by atoms with Crippen molar-refractivity contribution in [3.63, 3.8) is 0 Å². The van der Waals surface area contributed by atoms with Crippen molar-refractivity contribution in [1.82, 2.24) is 36.1 Å². The topological polar surface area (TPSA) is 246 Å².